The van der Waals surface area contributed by atoms with Crippen molar-refractivity contribution in [2.45, 2.75) is 0 Å². The Hall–Kier alpha value is -2.23. The predicted octanol–water partition coefficient (Wildman–Crippen LogP) is 4.15. The topological polar surface area (TPSA) is 58.8 Å². The molecule has 1 aromatic carbocycles. The Morgan fingerprint density at radius 2 is 2.15 bits per heavy atom. The van der Waals surface area contributed by atoms with Crippen LogP contribution < -0.4 is 4.74 Å². The molecule has 20 heavy (non-hydrogen) atoms. The zero-order chi connectivity index (χ0) is 14.1. The highest BCUT2D eigenvalue weighted by atomic mass is 35.5. The highest BCUT2D eigenvalue weighted by molar-refractivity contribution is 7.16. The Bertz CT molecular complexity index is 843. The fourth-order valence-corrected chi connectivity index (χ4v) is 2.61. The molecule has 0 aliphatic carbocycles. The Morgan fingerprint density at radius 3 is 2.90 bits per heavy atom. The molecule has 0 aliphatic rings. The minimum atomic E-state index is -0.647. The summed E-state index contributed by atoms with van der Waals surface area (Å²) in [5.41, 5.74) is -0.0428. The summed E-state index contributed by atoms with van der Waals surface area (Å²) in [4.78, 5) is 8.74. The number of nitrogens with zero attached hydrogens (tertiary/aromatic N) is 3. The molecular weight excluding hydrogens is 301 g/mol. The van der Waals surface area contributed by atoms with E-state index in [2.05, 4.69) is 9.97 Å². The minimum absolute atomic E-state index is 0.0428. The first-order valence-electron chi connectivity index (χ1n) is 5.45. The van der Waals surface area contributed by atoms with E-state index in [1.165, 1.54) is 23.5 Å². The quantitative estimate of drug-likeness (QED) is 0.667. The van der Waals surface area contributed by atoms with Gasteiger partial charge < -0.3 is 4.74 Å². The molecular formula is C13H5ClFN3OS. The maximum Gasteiger partial charge on any atom is 0.232 e. The minimum Gasteiger partial charge on any atom is -0.438 e. The number of hydrogen-bond donors (Lipinski definition) is 0. The van der Waals surface area contributed by atoms with Crippen molar-refractivity contribution in [3.05, 3.63) is 46.3 Å². The fourth-order valence-electron chi connectivity index (χ4n) is 1.64. The number of thiophene rings is 1. The van der Waals surface area contributed by atoms with Gasteiger partial charge in [-0.2, -0.15) is 10.2 Å². The zero-order valence-electron chi connectivity index (χ0n) is 9.80. The van der Waals surface area contributed by atoms with Gasteiger partial charge in [-0.3, -0.25) is 0 Å². The Balaban J connectivity index is 2.03. The van der Waals surface area contributed by atoms with Crippen LogP contribution in [0.25, 0.3) is 10.2 Å². The average molecular weight is 306 g/mol. The maximum absolute atomic E-state index is 13.5. The van der Waals surface area contributed by atoms with Crippen LogP contribution in [0.3, 0.4) is 0 Å². The van der Waals surface area contributed by atoms with Crippen LogP contribution in [0.5, 0.6) is 11.6 Å². The summed E-state index contributed by atoms with van der Waals surface area (Å²) in [5.74, 6) is -0.152. The first-order chi connectivity index (χ1) is 9.67. The van der Waals surface area contributed by atoms with Crippen molar-refractivity contribution in [3.63, 3.8) is 0 Å². The Kier molecular flexibility index (Phi) is 3.22. The lowest BCUT2D eigenvalue weighted by Gasteiger charge is -2.06. The first kappa shape index (κ1) is 12.8. The van der Waals surface area contributed by atoms with E-state index >= 15 is 0 Å². The number of benzene rings is 1. The third kappa shape index (κ3) is 2.29. The molecule has 4 nitrogen and oxygen atoms in total. The molecule has 0 aliphatic heterocycles. The van der Waals surface area contributed by atoms with Crippen molar-refractivity contribution in [3.8, 4) is 17.7 Å². The molecule has 3 aromatic rings. The van der Waals surface area contributed by atoms with E-state index in [1.807, 2.05) is 5.38 Å². The first-order valence-corrected chi connectivity index (χ1v) is 6.71. The molecule has 0 saturated carbocycles. The smallest absolute Gasteiger partial charge is 0.232 e. The van der Waals surface area contributed by atoms with Crippen LogP contribution in [0.15, 0.2) is 29.6 Å². The van der Waals surface area contributed by atoms with Crippen LogP contribution in [0, 0.1) is 17.1 Å². The lowest BCUT2D eigenvalue weighted by molar-refractivity contribution is 0.463. The normalized spacial score (nSPS) is 10.4. The van der Waals surface area contributed by atoms with E-state index in [1.54, 1.807) is 12.1 Å². The van der Waals surface area contributed by atoms with Crippen molar-refractivity contribution in [2.24, 2.45) is 0 Å². The van der Waals surface area contributed by atoms with Crippen molar-refractivity contribution in [2.75, 3.05) is 0 Å². The number of nitriles is 1. The van der Waals surface area contributed by atoms with Gasteiger partial charge in [0.2, 0.25) is 11.2 Å². The average Bonchev–Trinajstić information content (AvgIpc) is 2.87. The van der Waals surface area contributed by atoms with E-state index in [0.29, 0.717) is 10.2 Å². The monoisotopic (exact) mass is 305 g/mol. The van der Waals surface area contributed by atoms with Crippen LogP contribution in [0.2, 0.25) is 5.28 Å². The molecule has 0 atom stereocenters. The summed E-state index contributed by atoms with van der Waals surface area (Å²) in [7, 11) is 0. The third-order valence-corrected chi connectivity index (χ3v) is 3.51. The van der Waals surface area contributed by atoms with E-state index in [0.717, 1.165) is 6.07 Å². The lowest BCUT2D eigenvalue weighted by atomic mass is 10.2. The molecule has 0 spiro atoms. The van der Waals surface area contributed by atoms with Gasteiger partial charge in [-0.05, 0) is 35.2 Å². The number of ether oxygens (including phenoxy) is 1. The van der Waals surface area contributed by atoms with Crippen molar-refractivity contribution in [1.29, 1.82) is 5.26 Å². The van der Waals surface area contributed by atoms with Gasteiger partial charge in [0.25, 0.3) is 0 Å². The summed E-state index contributed by atoms with van der Waals surface area (Å²) in [6.45, 7) is 0. The van der Waals surface area contributed by atoms with Crippen LogP contribution >= 0.6 is 22.9 Å². The van der Waals surface area contributed by atoms with Crippen molar-refractivity contribution >= 4 is 33.2 Å². The molecule has 0 fully saturated rings. The molecule has 0 bridgehead atoms. The van der Waals surface area contributed by atoms with Crippen LogP contribution in [-0.2, 0) is 0 Å². The second-order valence-electron chi connectivity index (χ2n) is 3.79. The number of fused-ring (bicyclic) bond motifs is 1. The van der Waals surface area contributed by atoms with Crippen LogP contribution in [-0.4, -0.2) is 9.97 Å². The van der Waals surface area contributed by atoms with Gasteiger partial charge >= 0.3 is 0 Å². The highest BCUT2D eigenvalue weighted by Crippen LogP contribution is 2.31. The molecule has 0 unspecified atom stereocenters. The van der Waals surface area contributed by atoms with Gasteiger partial charge in [-0.15, -0.1) is 11.3 Å². The van der Waals surface area contributed by atoms with Gasteiger partial charge in [0.05, 0.1) is 10.9 Å². The second-order valence-corrected chi connectivity index (χ2v) is 5.03. The van der Waals surface area contributed by atoms with Gasteiger partial charge in [0, 0.05) is 6.07 Å². The molecule has 3 rings (SSSR count). The van der Waals surface area contributed by atoms with E-state index in [9.17, 15) is 4.39 Å². The Morgan fingerprint density at radius 1 is 1.30 bits per heavy atom. The molecule has 2 aromatic heterocycles. The summed E-state index contributed by atoms with van der Waals surface area (Å²) >= 11 is 7.22. The number of rotatable bonds is 2. The van der Waals surface area contributed by atoms with Crippen molar-refractivity contribution < 1.29 is 9.13 Å². The number of halogens is 2. The predicted molar refractivity (Wildman–Crippen MR) is 73.6 cm³/mol. The molecule has 98 valence electrons. The summed E-state index contributed by atoms with van der Waals surface area (Å²) in [5, 5.41) is 11.3. The van der Waals surface area contributed by atoms with Gasteiger partial charge in [-0.1, -0.05) is 0 Å². The van der Waals surface area contributed by atoms with Crippen LogP contribution in [0.4, 0.5) is 4.39 Å². The van der Waals surface area contributed by atoms with Crippen LogP contribution in [0.1, 0.15) is 5.56 Å². The van der Waals surface area contributed by atoms with Gasteiger partial charge in [-0.25, -0.2) is 9.37 Å². The SMILES string of the molecule is N#Cc1ccc(Oc2nc(Cl)nc3sccc23)cc1F. The number of aromatic nitrogens is 2. The standard InChI is InChI=1S/C13H5ClFN3OS/c14-13-17-11(9-3-4-20-12(9)18-13)19-8-2-1-7(6-16)10(15)5-8/h1-5H. The maximum atomic E-state index is 13.5. The molecule has 0 amide bonds. The van der Waals surface area contributed by atoms with E-state index in [-0.39, 0.29) is 22.5 Å². The molecule has 7 heteroatoms. The fraction of sp³-hybridized carbons (Fsp3) is 0. The van der Waals surface area contributed by atoms with Gasteiger partial charge in [0.1, 0.15) is 22.5 Å². The largest absolute Gasteiger partial charge is 0.438 e. The number of hydrogen-bond acceptors (Lipinski definition) is 5. The van der Waals surface area contributed by atoms with E-state index < -0.39 is 5.82 Å². The molecule has 0 radical (unpaired) electrons. The van der Waals surface area contributed by atoms with Crippen molar-refractivity contribution in [1.82, 2.24) is 9.97 Å². The van der Waals surface area contributed by atoms with E-state index in [4.69, 9.17) is 21.6 Å². The molecule has 0 saturated heterocycles. The highest BCUT2D eigenvalue weighted by Gasteiger charge is 2.11. The molecule has 0 N–H and O–H groups in total. The summed E-state index contributed by atoms with van der Waals surface area (Å²) < 4.78 is 19.1. The molecule has 2 heterocycles. The Labute approximate surface area is 122 Å². The second kappa shape index (κ2) is 5.04. The zero-order valence-corrected chi connectivity index (χ0v) is 11.4. The summed E-state index contributed by atoms with van der Waals surface area (Å²) in [6.07, 6.45) is 0. The lowest BCUT2D eigenvalue weighted by Crippen LogP contribution is -1.92. The summed E-state index contributed by atoms with van der Waals surface area (Å²) in [6, 6.07) is 7.52. The third-order valence-electron chi connectivity index (χ3n) is 2.54. The van der Waals surface area contributed by atoms with Gasteiger partial charge in [0.15, 0.2) is 0 Å².